The maximum Gasteiger partial charge on any atom is 0.264 e. The highest BCUT2D eigenvalue weighted by Crippen LogP contribution is 2.26. The van der Waals surface area contributed by atoms with Crippen LogP contribution in [0.3, 0.4) is 0 Å². The van der Waals surface area contributed by atoms with Crippen LogP contribution in [0.5, 0.6) is 0 Å². The van der Waals surface area contributed by atoms with E-state index in [9.17, 15) is 18.0 Å². The van der Waals surface area contributed by atoms with Crippen molar-refractivity contribution in [3.8, 4) is 0 Å². The molecule has 9 heteroatoms. The van der Waals surface area contributed by atoms with Crippen LogP contribution >= 0.6 is 11.6 Å². The third-order valence-corrected chi connectivity index (χ3v) is 8.32. The van der Waals surface area contributed by atoms with Gasteiger partial charge >= 0.3 is 0 Å². The first-order valence-corrected chi connectivity index (χ1v) is 14.9. The molecule has 0 fully saturated rings. The Balaban J connectivity index is 1.97. The van der Waals surface area contributed by atoms with E-state index in [0.29, 0.717) is 30.1 Å². The minimum atomic E-state index is -4.09. The molecule has 0 aliphatic heterocycles. The molecule has 1 unspecified atom stereocenters. The predicted molar refractivity (Wildman–Crippen MR) is 156 cm³/mol. The summed E-state index contributed by atoms with van der Waals surface area (Å²) >= 11 is 6.06. The second-order valence-corrected chi connectivity index (χ2v) is 12.0. The number of nitrogens with zero attached hydrogens (tertiary/aromatic N) is 2. The van der Waals surface area contributed by atoms with Crippen molar-refractivity contribution in [3.05, 3.63) is 95.5 Å². The summed E-state index contributed by atoms with van der Waals surface area (Å²) in [5.74, 6) is -0.472. The molecule has 0 saturated carbocycles. The van der Waals surface area contributed by atoms with Gasteiger partial charge in [-0.25, -0.2) is 8.42 Å². The normalized spacial score (nSPS) is 12.1. The lowest BCUT2D eigenvalue weighted by molar-refractivity contribution is -0.139. The summed E-state index contributed by atoms with van der Waals surface area (Å²) in [4.78, 5) is 28.7. The van der Waals surface area contributed by atoms with Gasteiger partial charge in [-0.1, -0.05) is 80.9 Å². The van der Waals surface area contributed by atoms with Gasteiger partial charge in [0.05, 0.1) is 10.6 Å². The van der Waals surface area contributed by atoms with Gasteiger partial charge in [-0.05, 0) is 60.7 Å². The molecular formula is C30H36ClN3O4S. The molecule has 3 aromatic carbocycles. The molecule has 39 heavy (non-hydrogen) atoms. The zero-order valence-corrected chi connectivity index (χ0v) is 24.2. The first-order chi connectivity index (χ1) is 18.6. The molecule has 0 spiro atoms. The number of carbonyl (C=O) groups is 2. The monoisotopic (exact) mass is 569 g/mol. The second-order valence-electron chi connectivity index (χ2n) is 9.69. The number of halogens is 1. The number of nitrogens with one attached hydrogen (secondary N) is 1. The van der Waals surface area contributed by atoms with Crippen LogP contribution in [-0.2, 0) is 26.0 Å². The van der Waals surface area contributed by atoms with E-state index in [1.165, 1.54) is 17.0 Å². The van der Waals surface area contributed by atoms with Crippen molar-refractivity contribution in [2.24, 2.45) is 5.92 Å². The molecule has 3 rings (SSSR count). The van der Waals surface area contributed by atoms with Crippen molar-refractivity contribution >= 4 is 39.1 Å². The summed E-state index contributed by atoms with van der Waals surface area (Å²) in [7, 11) is -4.09. The van der Waals surface area contributed by atoms with Gasteiger partial charge in [0.1, 0.15) is 12.6 Å². The van der Waals surface area contributed by atoms with E-state index in [4.69, 9.17) is 11.6 Å². The molecule has 2 amide bonds. The predicted octanol–water partition coefficient (Wildman–Crippen LogP) is 5.16. The first-order valence-electron chi connectivity index (χ1n) is 13.1. The Hall–Kier alpha value is -3.36. The lowest BCUT2D eigenvalue weighted by Gasteiger charge is -2.33. The van der Waals surface area contributed by atoms with E-state index in [1.54, 1.807) is 42.5 Å². The Morgan fingerprint density at radius 1 is 0.897 bits per heavy atom. The first kappa shape index (κ1) is 30.2. The van der Waals surface area contributed by atoms with Gasteiger partial charge in [-0.15, -0.1) is 0 Å². The van der Waals surface area contributed by atoms with Crippen molar-refractivity contribution in [2.75, 3.05) is 23.9 Å². The molecule has 7 nitrogen and oxygen atoms in total. The number of hydrogen-bond acceptors (Lipinski definition) is 4. The molecule has 208 valence electrons. The Kier molecular flexibility index (Phi) is 10.9. The molecule has 0 aliphatic rings. The Labute approximate surface area is 236 Å². The number of hydrogen-bond donors (Lipinski definition) is 1. The Morgan fingerprint density at radius 2 is 1.49 bits per heavy atom. The van der Waals surface area contributed by atoms with Gasteiger partial charge in [0.2, 0.25) is 11.8 Å². The van der Waals surface area contributed by atoms with E-state index >= 15 is 0 Å². The molecule has 3 aromatic rings. The molecule has 0 heterocycles. The number of rotatable bonds is 13. The summed E-state index contributed by atoms with van der Waals surface area (Å²) in [6.07, 6.45) is 0.907. The van der Waals surface area contributed by atoms with E-state index in [2.05, 4.69) is 5.32 Å². The zero-order chi connectivity index (χ0) is 28.4. The average Bonchev–Trinajstić information content (AvgIpc) is 2.94. The minimum absolute atomic E-state index is 0.0605. The fourth-order valence-corrected chi connectivity index (χ4v) is 5.74. The van der Waals surface area contributed by atoms with Crippen LogP contribution in [0.1, 0.15) is 32.8 Å². The molecule has 0 bridgehead atoms. The topological polar surface area (TPSA) is 86.8 Å². The fraction of sp³-hybridized carbons (Fsp3) is 0.333. The van der Waals surface area contributed by atoms with Gasteiger partial charge in [-0.3, -0.25) is 13.9 Å². The van der Waals surface area contributed by atoms with Crippen LogP contribution in [0.4, 0.5) is 5.69 Å². The number of amides is 2. The Morgan fingerprint density at radius 3 is 2.05 bits per heavy atom. The summed E-state index contributed by atoms with van der Waals surface area (Å²) < 4.78 is 28.6. The third-order valence-electron chi connectivity index (χ3n) is 6.28. The van der Waals surface area contributed by atoms with Gasteiger partial charge in [0, 0.05) is 18.1 Å². The van der Waals surface area contributed by atoms with Crippen LogP contribution < -0.4 is 9.62 Å². The SMILES string of the molecule is CCC(C(=O)NCC(C)C)N(CCc1ccccc1)C(=O)CN(c1ccc(Cl)cc1)S(=O)(=O)c1ccccc1. The molecule has 1 N–H and O–H groups in total. The molecule has 0 aliphatic carbocycles. The van der Waals surface area contributed by atoms with Crippen molar-refractivity contribution in [2.45, 2.75) is 44.6 Å². The smallest absolute Gasteiger partial charge is 0.264 e. The highest BCUT2D eigenvalue weighted by atomic mass is 35.5. The summed E-state index contributed by atoms with van der Waals surface area (Å²) in [6.45, 7) is 6.11. The van der Waals surface area contributed by atoms with Crippen molar-refractivity contribution in [1.29, 1.82) is 0 Å². The van der Waals surface area contributed by atoms with E-state index in [1.807, 2.05) is 51.1 Å². The average molecular weight is 570 g/mol. The number of benzene rings is 3. The van der Waals surface area contributed by atoms with Crippen LogP contribution in [0.15, 0.2) is 89.8 Å². The number of sulfonamides is 1. The summed E-state index contributed by atoms with van der Waals surface area (Å²) in [5, 5.41) is 3.38. The molecule has 0 saturated heterocycles. The van der Waals surface area contributed by atoms with Gasteiger partial charge in [0.15, 0.2) is 0 Å². The maximum absolute atomic E-state index is 13.9. The van der Waals surface area contributed by atoms with E-state index in [0.717, 1.165) is 9.87 Å². The molecule has 1 atom stereocenters. The van der Waals surface area contributed by atoms with Crippen molar-refractivity contribution < 1.29 is 18.0 Å². The van der Waals surface area contributed by atoms with Crippen molar-refractivity contribution in [3.63, 3.8) is 0 Å². The maximum atomic E-state index is 13.9. The number of carbonyl (C=O) groups excluding carboxylic acids is 2. The number of anilines is 1. The Bertz CT molecular complexity index is 1320. The van der Waals surface area contributed by atoms with Crippen LogP contribution in [0, 0.1) is 5.92 Å². The van der Waals surface area contributed by atoms with Crippen LogP contribution in [-0.4, -0.2) is 50.8 Å². The second kappa shape index (κ2) is 14.1. The highest BCUT2D eigenvalue weighted by molar-refractivity contribution is 7.92. The van der Waals surface area contributed by atoms with Crippen LogP contribution in [0.2, 0.25) is 5.02 Å². The lowest BCUT2D eigenvalue weighted by Crippen LogP contribution is -2.53. The fourth-order valence-electron chi connectivity index (χ4n) is 4.17. The lowest BCUT2D eigenvalue weighted by atomic mass is 10.1. The van der Waals surface area contributed by atoms with Crippen LogP contribution in [0.25, 0.3) is 0 Å². The van der Waals surface area contributed by atoms with Gasteiger partial charge in [-0.2, -0.15) is 0 Å². The molecule has 0 radical (unpaired) electrons. The third kappa shape index (κ3) is 8.31. The van der Waals surface area contributed by atoms with E-state index < -0.39 is 28.5 Å². The van der Waals surface area contributed by atoms with Gasteiger partial charge < -0.3 is 10.2 Å². The van der Waals surface area contributed by atoms with Crippen molar-refractivity contribution in [1.82, 2.24) is 10.2 Å². The highest BCUT2D eigenvalue weighted by Gasteiger charge is 2.33. The molecule has 0 aromatic heterocycles. The quantitative estimate of drug-likeness (QED) is 0.308. The summed E-state index contributed by atoms with van der Waals surface area (Å²) in [5.41, 5.74) is 1.32. The summed E-state index contributed by atoms with van der Waals surface area (Å²) in [6, 6.07) is 23.2. The van der Waals surface area contributed by atoms with E-state index in [-0.39, 0.29) is 23.3 Å². The standard InChI is InChI=1S/C30H36ClN3O4S/c1-4-28(30(36)32-21-23(2)3)33(20-19-24-11-7-5-8-12-24)29(35)22-34(26-17-15-25(31)16-18-26)39(37,38)27-13-9-6-10-14-27/h5-18,23,28H,4,19-22H2,1-3H3,(H,32,36). The van der Waals surface area contributed by atoms with Gasteiger partial charge in [0.25, 0.3) is 10.0 Å². The minimum Gasteiger partial charge on any atom is -0.354 e. The largest absolute Gasteiger partial charge is 0.354 e. The molecular weight excluding hydrogens is 534 g/mol. The zero-order valence-electron chi connectivity index (χ0n) is 22.6.